The van der Waals surface area contributed by atoms with Crippen LogP contribution in [0.5, 0.6) is 0 Å². The summed E-state index contributed by atoms with van der Waals surface area (Å²) < 4.78 is 1.34. The molecule has 0 saturated carbocycles. The summed E-state index contributed by atoms with van der Waals surface area (Å²) in [7, 11) is 0. The van der Waals surface area contributed by atoms with E-state index in [0.717, 1.165) is 5.56 Å². The molecule has 2 aromatic heterocycles. The monoisotopic (exact) mass is 323 g/mol. The van der Waals surface area contributed by atoms with Gasteiger partial charge >= 0.3 is 0 Å². The molecular weight excluding hydrogens is 306 g/mol. The van der Waals surface area contributed by atoms with Gasteiger partial charge in [0.05, 0.1) is 6.10 Å². The smallest absolute Gasteiger partial charge is 0.270 e. The maximum atomic E-state index is 12.5. The Bertz CT molecular complexity index is 977. The van der Waals surface area contributed by atoms with Crippen molar-refractivity contribution in [1.82, 2.24) is 9.38 Å². The van der Waals surface area contributed by atoms with Gasteiger partial charge in [0.15, 0.2) is 0 Å². The topological polar surface area (TPSA) is 83.7 Å². The number of hydrogen-bond acceptors (Lipinski definition) is 4. The molecule has 3 rings (SSSR count). The fraction of sp³-hybridized carbons (Fsp3) is 0.167. The van der Waals surface area contributed by atoms with Gasteiger partial charge in [-0.25, -0.2) is 4.98 Å². The number of nitrogens with one attached hydrogen (secondary N) is 1. The summed E-state index contributed by atoms with van der Waals surface area (Å²) in [4.78, 5) is 29.2. The van der Waals surface area contributed by atoms with Gasteiger partial charge in [0.2, 0.25) is 0 Å². The summed E-state index contributed by atoms with van der Waals surface area (Å²) in [5.74, 6) is -0.560. The molecule has 24 heavy (non-hydrogen) atoms. The van der Waals surface area contributed by atoms with Crippen molar-refractivity contribution in [2.24, 2.45) is 0 Å². The van der Waals surface area contributed by atoms with Crippen LogP contribution in [-0.2, 0) is 0 Å². The predicted octanol–water partition coefficient (Wildman–Crippen LogP) is 2.31. The molecule has 6 heteroatoms. The van der Waals surface area contributed by atoms with E-state index < -0.39 is 17.6 Å². The first-order valence-electron chi connectivity index (χ1n) is 7.54. The fourth-order valence-corrected chi connectivity index (χ4v) is 2.50. The number of anilines is 1. The number of rotatable bonds is 3. The molecular formula is C18H17N3O3. The van der Waals surface area contributed by atoms with Crippen LogP contribution < -0.4 is 10.9 Å². The highest BCUT2D eigenvalue weighted by Crippen LogP contribution is 2.22. The molecule has 0 aliphatic heterocycles. The van der Waals surface area contributed by atoms with Crippen molar-refractivity contribution >= 4 is 17.2 Å². The third kappa shape index (κ3) is 2.91. The molecule has 1 aromatic carbocycles. The molecule has 3 aromatic rings. The number of hydrogen-bond donors (Lipinski definition) is 2. The molecule has 2 N–H and O–H groups in total. The molecule has 0 fully saturated rings. The number of aliphatic hydroxyl groups is 1. The number of aliphatic hydroxyl groups excluding tert-OH is 1. The highest BCUT2D eigenvalue weighted by atomic mass is 16.3. The molecule has 0 bridgehead atoms. The Hall–Kier alpha value is -2.99. The van der Waals surface area contributed by atoms with Crippen molar-refractivity contribution < 1.29 is 9.90 Å². The standard InChI is InChI=1S/C18H17N3O3/c1-11-7-8-21-16(9-11)19-10-14(18(21)24)17(23)20-15-6-4-3-5-13(15)12(2)22/h3-10,12,22H,1-2H3,(H,20,23). The minimum Gasteiger partial charge on any atom is -0.389 e. The molecule has 0 aliphatic rings. The van der Waals surface area contributed by atoms with Gasteiger partial charge < -0.3 is 10.4 Å². The lowest BCUT2D eigenvalue weighted by molar-refractivity contribution is 0.102. The molecule has 122 valence electrons. The van der Waals surface area contributed by atoms with E-state index in [1.807, 2.05) is 6.92 Å². The molecule has 6 nitrogen and oxygen atoms in total. The number of pyridine rings is 1. The van der Waals surface area contributed by atoms with Gasteiger partial charge in [0, 0.05) is 23.6 Å². The first-order chi connectivity index (χ1) is 11.5. The van der Waals surface area contributed by atoms with Crippen LogP contribution in [0, 0.1) is 6.92 Å². The molecule has 2 heterocycles. The van der Waals surface area contributed by atoms with Crippen LogP contribution in [0.4, 0.5) is 5.69 Å². The number of carbonyl (C=O) groups is 1. The normalized spacial score (nSPS) is 12.1. The number of aromatic nitrogens is 2. The van der Waals surface area contributed by atoms with Crippen LogP contribution in [-0.4, -0.2) is 20.4 Å². The second-order valence-electron chi connectivity index (χ2n) is 5.63. The zero-order valence-electron chi connectivity index (χ0n) is 13.4. The van der Waals surface area contributed by atoms with E-state index in [0.29, 0.717) is 16.9 Å². The first-order valence-corrected chi connectivity index (χ1v) is 7.54. The Morgan fingerprint density at radius 2 is 2.04 bits per heavy atom. The average Bonchev–Trinajstić information content (AvgIpc) is 2.55. The Morgan fingerprint density at radius 1 is 1.29 bits per heavy atom. The molecule has 0 radical (unpaired) electrons. The number of fused-ring (bicyclic) bond motifs is 1. The molecule has 1 atom stereocenters. The summed E-state index contributed by atoms with van der Waals surface area (Å²) in [5, 5.41) is 12.5. The van der Waals surface area contributed by atoms with Gasteiger partial charge in [-0.05, 0) is 37.6 Å². The van der Waals surface area contributed by atoms with Gasteiger partial charge in [0.25, 0.3) is 11.5 Å². The van der Waals surface area contributed by atoms with Crippen LogP contribution in [0.1, 0.15) is 34.5 Å². The summed E-state index contributed by atoms with van der Waals surface area (Å²) in [5.41, 5.74) is 2.01. The van der Waals surface area contributed by atoms with Crippen molar-refractivity contribution in [2.45, 2.75) is 20.0 Å². The van der Waals surface area contributed by atoms with Crippen LogP contribution in [0.25, 0.3) is 5.65 Å². The molecule has 1 unspecified atom stereocenters. The van der Waals surface area contributed by atoms with E-state index in [9.17, 15) is 14.7 Å². The van der Waals surface area contributed by atoms with Crippen LogP contribution in [0.15, 0.2) is 53.6 Å². The lowest BCUT2D eigenvalue weighted by atomic mass is 10.1. The maximum absolute atomic E-state index is 12.5. The summed E-state index contributed by atoms with van der Waals surface area (Å²) >= 11 is 0. The van der Waals surface area contributed by atoms with Crippen molar-refractivity contribution in [3.63, 3.8) is 0 Å². The number of carbonyl (C=O) groups excluding carboxylic acids is 1. The van der Waals surface area contributed by atoms with E-state index in [2.05, 4.69) is 10.3 Å². The molecule has 0 saturated heterocycles. The molecule has 0 spiro atoms. The Kier molecular flexibility index (Phi) is 4.14. The number of amides is 1. The zero-order chi connectivity index (χ0) is 17.3. The van der Waals surface area contributed by atoms with Gasteiger partial charge in [-0.1, -0.05) is 18.2 Å². The third-order valence-corrected chi connectivity index (χ3v) is 3.77. The van der Waals surface area contributed by atoms with Crippen molar-refractivity contribution in [3.05, 3.63) is 75.8 Å². The number of para-hydroxylation sites is 1. The van der Waals surface area contributed by atoms with Gasteiger partial charge in [-0.15, -0.1) is 0 Å². The van der Waals surface area contributed by atoms with E-state index in [-0.39, 0.29) is 5.56 Å². The minimum atomic E-state index is -0.736. The van der Waals surface area contributed by atoms with Crippen molar-refractivity contribution in [2.75, 3.05) is 5.32 Å². The van der Waals surface area contributed by atoms with E-state index in [1.54, 1.807) is 49.5 Å². The summed E-state index contributed by atoms with van der Waals surface area (Å²) in [6, 6.07) is 10.5. The van der Waals surface area contributed by atoms with Gasteiger partial charge in [-0.3, -0.25) is 14.0 Å². The van der Waals surface area contributed by atoms with Crippen LogP contribution in [0.2, 0.25) is 0 Å². The largest absolute Gasteiger partial charge is 0.389 e. The van der Waals surface area contributed by atoms with E-state index in [4.69, 9.17) is 0 Å². The fourth-order valence-electron chi connectivity index (χ4n) is 2.50. The lowest BCUT2D eigenvalue weighted by Crippen LogP contribution is -2.27. The number of nitrogens with zero attached hydrogens (tertiary/aromatic N) is 2. The lowest BCUT2D eigenvalue weighted by Gasteiger charge is -2.13. The second-order valence-corrected chi connectivity index (χ2v) is 5.63. The summed E-state index contributed by atoms with van der Waals surface area (Å²) in [6.45, 7) is 3.51. The number of benzene rings is 1. The highest BCUT2D eigenvalue weighted by Gasteiger charge is 2.16. The Morgan fingerprint density at radius 3 is 2.79 bits per heavy atom. The van der Waals surface area contributed by atoms with Crippen LogP contribution >= 0.6 is 0 Å². The van der Waals surface area contributed by atoms with Crippen molar-refractivity contribution in [3.8, 4) is 0 Å². The van der Waals surface area contributed by atoms with Gasteiger partial charge in [-0.2, -0.15) is 0 Å². The Balaban J connectivity index is 2.00. The Labute approximate surface area is 138 Å². The van der Waals surface area contributed by atoms with Crippen LogP contribution in [0.3, 0.4) is 0 Å². The van der Waals surface area contributed by atoms with Gasteiger partial charge in [0.1, 0.15) is 11.2 Å². The highest BCUT2D eigenvalue weighted by molar-refractivity contribution is 6.04. The first kappa shape index (κ1) is 15.9. The molecule has 1 amide bonds. The summed E-state index contributed by atoms with van der Waals surface area (Å²) in [6.07, 6.45) is 2.14. The second kappa shape index (κ2) is 6.25. The van der Waals surface area contributed by atoms with Crippen molar-refractivity contribution in [1.29, 1.82) is 0 Å². The zero-order valence-corrected chi connectivity index (χ0v) is 13.4. The third-order valence-electron chi connectivity index (χ3n) is 3.77. The quantitative estimate of drug-likeness (QED) is 0.775. The minimum absolute atomic E-state index is 0.0586. The molecule has 0 aliphatic carbocycles. The predicted molar refractivity (Wildman–Crippen MR) is 91.2 cm³/mol. The number of aryl methyl sites for hydroxylation is 1. The van der Waals surface area contributed by atoms with E-state index in [1.165, 1.54) is 10.6 Å². The average molecular weight is 323 g/mol. The SMILES string of the molecule is Cc1ccn2c(=O)c(C(=O)Nc3ccccc3C(C)O)cnc2c1. The maximum Gasteiger partial charge on any atom is 0.270 e. The van der Waals surface area contributed by atoms with E-state index >= 15 is 0 Å².